The molecule has 2 amide bonds. The average molecular weight is 393 g/mol. The van der Waals surface area contributed by atoms with Crippen LogP contribution in [-0.2, 0) is 0 Å². The third kappa shape index (κ3) is 5.67. The lowest BCUT2D eigenvalue weighted by Crippen LogP contribution is -2.25. The first kappa shape index (κ1) is 20.6. The van der Waals surface area contributed by atoms with Gasteiger partial charge in [0.15, 0.2) is 0 Å². The minimum absolute atomic E-state index is 0.225. The fourth-order valence-electron chi connectivity index (χ4n) is 3.37. The number of allylic oxidation sites excluding steroid dienone is 1. The number of hydrogen-bond donors (Lipinski definition) is 2. The summed E-state index contributed by atoms with van der Waals surface area (Å²) in [6.45, 7) is 2.52. The van der Waals surface area contributed by atoms with Crippen molar-refractivity contribution >= 4 is 17.5 Å². The Hall–Kier alpha value is -3.15. The molecule has 0 radical (unpaired) electrons. The van der Waals surface area contributed by atoms with Gasteiger partial charge in [0.2, 0.25) is 0 Å². The summed E-state index contributed by atoms with van der Waals surface area (Å²) in [6, 6.07) is 7.10. The van der Waals surface area contributed by atoms with Crippen LogP contribution in [0.3, 0.4) is 0 Å². The summed E-state index contributed by atoms with van der Waals surface area (Å²) in [6.07, 6.45) is 10.8. The third-order valence-electron chi connectivity index (χ3n) is 4.98. The zero-order valence-corrected chi connectivity index (χ0v) is 17.0. The van der Waals surface area contributed by atoms with Gasteiger partial charge in [0.05, 0.1) is 23.9 Å². The number of pyridine rings is 1. The van der Waals surface area contributed by atoms with Crippen LogP contribution in [0.25, 0.3) is 0 Å². The van der Waals surface area contributed by atoms with Gasteiger partial charge in [-0.05, 0) is 62.8 Å². The number of carbonyl (C=O) groups is 2. The van der Waals surface area contributed by atoms with Gasteiger partial charge in [0.1, 0.15) is 5.75 Å². The zero-order chi connectivity index (χ0) is 20.6. The Labute approximate surface area is 171 Å². The molecule has 152 valence electrons. The number of aromatic nitrogens is 1. The number of amides is 2. The minimum Gasteiger partial charge on any atom is -0.495 e. The van der Waals surface area contributed by atoms with E-state index in [1.807, 2.05) is 19.1 Å². The van der Waals surface area contributed by atoms with Crippen molar-refractivity contribution in [3.63, 3.8) is 0 Å². The predicted molar refractivity (Wildman–Crippen MR) is 113 cm³/mol. The van der Waals surface area contributed by atoms with Gasteiger partial charge in [0.25, 0.3) is 11.8 Å². The molecule has 0 bridgehead atoms. The highest BCUT2D eigenvalue weighted by Crippen LogP contribution is 2.25. The van der Waals surface area contributed by atoms with Gasteiger partial charge in [-0.25, -0.2) is 0 Å². The summed E-state index contributed by atoms with van der Waals surface area (Å²) in [7, 11) is 1.55. The molecule has 0 spiro atoms. The summed E-state index contributed by atoms with van der Waals surface area (Å²) >= 11 is 0. The van der Waals surface area contributed by atoms with Crippen LogP contribution in [0.5, 0.6) is 5.75 Å². The topological polar surface area (TPSA) is 80.3 Å². The Morgan fingerprint density at radius 3 is 2.62 bits per heavy atom. The monoisotopic (exact) mass is 393 g/mol. The normalized spacial score (nSPS) is 13.4. The summed E-state index contributed by atoms with van der Waals surface area (Å²) in [5.74, 6) is 0.00271. The van der Waals surface area contributed by atoms with Crippen LogP contribution in [-0.4, -0.2) is 30.5 Å². The highest BCUT2D eigenvalue weighted by molar-refractivity contribution is 6.06. The fourth-order valence-corrected chi connectivity index (χ4v) is 3.37. The highest BCUT2D eigenvalue weighted by Gasteiger charge is 2.14. The molecule has 3 rings (SSSR count). The second kappa shape index (κ2) is 9.87. The Morgan fingerprint density at radius 1 is 1.10 bits per heavy atom. The maximum atomic E-state index is 12.6. The molecule has 0 fully saturated rings. The first-order valence-electron chi connectivity index (χ1n) is 9.94. The molecule has 0 atom stereocenters. The number of aryl methyl sites for hydroxylation is 1. The van der Waals surface area contributed by atoms with Crippen molar-refractivity contribution in [1.29, 1.82) is 0 Å². The van der Waals surface area contributed by atoms with Gasteiger partial charge in [-0.3, -0.25) is 14.6 Å². The van der Waals surface area contributed by atoms with Gasteiger partial charge >= 0.3 is 0 Å². The number of anilines is 1. The van der Waals surface area contributed by atoms with Crippen LogP contribution in [0.4, 0.5) is 5.69 Å². The molecule has 1 aliphatic rings. The van der Waals surface area contributed by atoms with Crippen LogP contribution in [0.2, 0.25) is 0 Å². The summed E-state index contributed by atoms with van der Waals surface area (Å²) < 4.78 is 5.29. The van der Waals surface area contributed by atoms with Crippen LogP contribution in [0.1, 0.15) is 58.4 Å². The molecular formula is C23H27N3O3. The number of nitrogens with zero attached hydrogens (tertiary/aromatic N) is 1. The van der Waals surface area contributed by atoms with Crippen molar-refractivity contribution in [1.82, 2.24) is 10.3 Å². The van der Waals surface area contributed by atoms with Gasteiger partial charge in [-0.2, -0.15) is 0 Å². The smallest absolute Gasteiger partial charge is 0.257 e. The van der Waals surface area contributed by atoms with Gasteiger partial charge < -0.3 is 15.4 Å². The van der Waals surface area contributed by atoms with Gasteiger partial charge in [-0.15, -0.1) is 0 Å². The van der Waals surface area contributed by atoms with Gasteiger partial charge in [-0.1, -0.05) is 17.7 Å². The molecular weight excluding hydrogens is 366 g/mol. The molecule has 1 heterocycles. The lowest BCUT2D eigenvalue weighted by molar-refractivity contribution is 0.0953. The van der Waals surface area contributed by atoms with E-state index < -0.39 is 0 Å². The summed E-state index contributed by atoms with van der Waals surface area (Å²) in [5, 5.41) is 5.74. The summed E-state index contributed by atoms with van der Waals surface area (Å²) in [4.78, 5) is 29.1. The van der Waals surface area contributed by atoms with Crippen LogP contribution >= 0.6 is 0 Å². The SMILES string of the molecule is COc1ccc(C)cc1NC(=O)c1cncc(C(=O)NCCC2=CCCCC2)c1. The van der Waals surface area contributed by atoms with E-state index in [4.69, 9.17) is 4.74 Å². The Balaban J connectivity index is 1.62. The van der Waals surface area contributed by atoms with Crippen molar-refractivity contribution in [3.05, 3.63) is 65.0 Å². The zero-order valence-electron chi connectivity index (χ0n) is 17.0. The molecule has 6 heteroatoms. The van der Waals surface area contributed by atoms with Crippen molar-refractivity contribution in [2.45, 2.75) is 39.0 Å². The standard InChI is InChI=1S/C23H27N3O3/c1-16-8-9-21(29-2)20(12-16)26-23(28)19-13-18(14-24-15-19)22(27)25-11-10-17-6-4-3-5-7-17/h6,8-9,12-15H,3-5,7,10-11H2,1-2H3,(H,25,27)(H,26,28). The molecule has 2 aromatic rings. The summed E-state index contributed by atoms with van der Waals surface area (Å²) in [5.41, 5.74) is 3.67. The molecule has 6 nitrogen and oxygen atoms in total. The lowest BCUT2D eigenvalue weighted by atomic mass is 9.97. The van der Waals surface area contributed by atoms with E-state index in [0.29, 0.717) is 29.1 Å². The fraction of sp³-hybridized carbons (Fsp3) is 0.348. The van der Waals surface area contributed by atoms with Gasteiger partial charge in [0, 0.05) is 18.9 Å². The molecule has 0 aliphatic heterocycles. The average Bonchev–Trinajstić information content (AvgIpc) is 2.74. The molecule has 0 unspecified atom stereocenters. The number of rotatable bonds is 7. The van der Waals surface area contributed by atoms with Crippen LogP contribution < -0.4 is 15.4 Å². The molecule has 0 saturated heterocycles. The molecule has 0 saturated carbocycles. The van der Waals surface area contributed by atoms with Crippen molar-refractivity contribution in [2.75, 3.05) is 19.0 Å². The largest absolute Gasteiger partial charge is 0.495 e. The first-order valence-corrected chi connectivity index (χ1v) is 9.94. The maximum absolute atomic E-state index is 12.6. The molecule has 29 heavy (non-hydrogen) atoms. The van der Waals surface area contributed by atoms with Crippen molar-refractivity contribution in [3.8, 4) is 5.75 Å². The van der Waals surface area contributed by atoms with E-state index in [0.717, 1.165) is 24.8 Å². The van der Waals surface area contributed by atoms with E-state index in [-0.39, 0.29) is 11.8 Å². The van der Waals surface area contributed by atoms with E-state index in [1.165, 1.54) is 30.8 Å². The Bertz CT molecular complexity index is 921. The van der Waals surface area contributed by atoms with E-state index >= 15 is 0 Å². The van der Waals surface area contributed by atoms with E-state index in [9.17, 15) is 9.59 Å². The number of ether oxygens (including phenoxy) is 1. The highest BCUT2D eigenvalue weighted by atomic mass is 16.5. The number of carbonyl (C=O) groups excluding carboxylic acids is 2. The first-order chi connectivity index (χ1) is 14.1. The number of benzene rings is 1. The third-order valence-corrected chi connectivity index (χ3v) is 4.98. The Morgan fingerprint density at radius 2 is 1.90 bits per heavy atom. The number of hydrogen-bond acceptors (Lipinski definition) is 4. The van der Waals surface area contributed by atoms with Crippen LogP contribution in [0, 0.1) is 6.92 Å². The van der Waals surface area contributed by atoms with E-state index in [2.05, 4.69) is 21.7 Å². The lowest BCUT2D eigenvalue weighted by Gasteiger charge is -2.13. The van der Waals surface area contributed by atoms with Crippen molar-refractivity contribution in [2.24, 2.45) is 0 Å². The van der Waals surface area contributed by atoms with Crippen LogP contribution in [0.15, 0.2) is 48.3 Å². The number of nitrogens with one attached hydrogen (secondary N) is 2. The molecule has 2 N–H and O–H groups in total. The maximum Gasteiger partial charge on any atom is 0.257 e. The second-order valence-corrected chi connectivity index (χ2v) is 7.23. The minimum atomic E-state index is -0.344. The molecule has 1 aliphatic carbocycles. The molecule has 1 aromatic heterocycles. The Kier molecular flexibility index (Phi) is 7.00. The quantitative estimate of drug-likeness (QED) is 0.689. The molecule has 1 aromatic carbocycles. The predicted octanol–water partition coefficient (Wildman–Crippen LogP) is 4.27. The number of methoxy groups -OCH3 is 1. The second-order valence-electron chi connectivity index (χ2n) is 7.23. The van der Waals surface area contributed by atoms with Crippen molar-refractivity contribution < 1.29 is 14.3 Å². The van der Waals surface area contributed by atoms with E-state index in [1.54, 1.807) is 19.2 Å².